The van der Waals surface area contributed by atoms with Gasteiger partial charge in [0.2, 0.25) is 5.91 Å². The number of anilines is 1. The summed E-state index contributed by atoms with van der Waals surface area (Å²) >= 11 is 0. The second kappa shape index (κ2) is 5.12. The normalized spacial score (nSPS) is 11.6. The maximum Gasteiger partial charge on any atom is 0.239 e. The molecule has 0 aliphatic carbocycles. The number of hydrogen-bond acceptors (Lipinski definition) is 3. The van der Waals surface area contributed by atoms with Gasteiger partial charge in [0.05, 0.1) is 5.56 Å². The number of halogens is 1. The second-order valence-corrected chi connectivity index (χ2v) is 3.31. The Hall–Kier alpha value is -2.09. The number of carbonyl (C=O) groups excluding carboxylic acids is 1. The lowest BCUT2D eigenvalue weighted by molar-refractivity contribution is -0.118. The number of primary amides is 1. The van der Waals surface area contributed by atoms with Gasteiger partial charge in [0, 0.05) is 5.69 Å². The van der Waals surface area contributed by atoms with Gasteiger partial charge in [0.15, 0.2) is 0 Å². The molecule has 1 atom stereocenters. The maximum absolute atomic E-state index is 13.0. The Morgan fingerprint density at radius 2 is 2.38 bits per heavy atom. The molecule has 1 amide bonds. The van der Waals surface area contributed by atoms with Crippen LogP contribution in [0.25, 0.3) is 0 Å². The Morgan fingerprint density at radius 3 is 2.88 bits per heavy atom. The molecule has 1 aromatic rings. The topological polar surface area (TPSA) is 78.9 Å². The number of nitriles is 1. The molecule has 0 aromatic heterocycles. The van der Waals surface area contributed by atoms with E-state index in [0.29, 0.717) is 12.1 Å². The summed E-state index contributed by atoms with van der Waals surface area (Å²) < 4.78 is 13.0. The van der Waals surface area contributed by atoms with Crippen molar-refractivity contribution >= 4 is 11.6 Å². The number of amides is 1. The summed E-state index contributed by atoms with van der Waals surface area (Å²) in [5.41, 5.74) is 5.59. The van der Waals surface area contributed by atoms with E-state index in [0.717, 1.165) is 0 Å². The molecule has 4 nitrogen and oxygen atoms in total. The first-order chi connectivity index (χ1) is 7.58. The fourth-order valence-corrected chi connectivity index (χ4v) is 1.28. The molecular weight excluding hydrogens is 209 g/mol. The summed E-state index contributed by atoms with van der Waals surface area (Å²) in [4.78, 5) is 11.0. The van der Waals surface area contributed by atoms with Crippen LogP contribution in [0.4, 0.5) is 10.1 Å². The highest BCUT2D eigenvalue weighted by Crippen LogP contribution is 2.15. The minimum absolute atomic E-state index is 0.0654. The average Bonchev–Trinajstić information content (AvgIpc) is 2.27. The van der Waals surface area contributed by atoms with E-state index >= 15 is 0 Å². The van der Waals surface area contributed by atoms with Crippen molar-refractivity contribution in [2.75, 3.05) is 5.32 Å². The van der Waals surface area contributed by atoms with Crippen LogP contribution in [-0.2, 0) is 4.79 Å². The van der Waals surface area contributed by atoms with Crippen LogP contribution in [0.15, 0.2) is 18.2 Å². The van der Waals surface area contributed by atoms with Crippen LogP contribution in [0.1, 0.15) is 18.9 Å². The first-order valence-electron chi connectivity index (χ1n) is 4.84. The summed E-state index contributed by atoms with van der Waals surface area (Å²) in [6, 6.07) is 5.19. The Bertz CT molecular complexity index is 439. The van der Waals surface area contributed by atoms with Crippen LogP contribution in [0, 0.1) is 17.1 Å². The molecule has 0 saturated heterocycles. The number of benzene rings is 1. The molecule has 0 radical (unpaired) electrons. The molecule has 3 N–H and O–H groups in total. The lowest BCUT2D eigenvalue weighted by atomic mass is 10.1. The van der Waals surface area contributed by atoms with Crippen molar-refractivity contribution in [3.63, 3.8) is 0 Å². The van der Waals surface area contributed by atoms with E-state index in [9.17, 15) is 9.18 Å². The van der Waals surface area contributed by atoms with E-state index in [1.54, 1.807) is 13.0 Å². The van der Waals surface area contributed by atoms with Crippen molar-refractivity contribution in [3.8, 4) is 6.07 Å². The minimum Gasteiger partial charge on any atom is -0.374 e. The van der Waals surface area contributed by atoms with Crippen molar-refractivity contribution in [1.82, 2.24) is 0 Å². The molecule has 0 fully saturated rings. The van der Waals surface area contributed by atoms with Gasteiger partial charge in [-0.1, -0.05) is 6.92 Å². The molecule has 1 unspecified atom stereocenters. The van der Waals surface area contributed by atoms with Gasteiger partial charge in [-0.05, 0) is 24.6 Å². The van der Waals surface area contributed by atoms with Crippen molar-refractivity contribution in [3.05, 3.63) is 29.6 Å². The Kier molecular flexibility index (Phi) is 3.84. The third kappa shape index (κ3) is 2.70. The number of nitrogens with one attached hydrogen (secondary N) is 1. The molecule has 0 saturated carbocycles. The largest absolute Gasteiger partial charge is 0.374 e. The molecular formula is C11H12FN3O. The predicted octanol–water partition coefficient (Wildman–Crippen LogP) is 1.37. The summed E-state index contributed by atoms with van der Waals surface area (Å²) in [6.45, 7) is 1.80. The van der Waals surface area contributed by atoms with Crippen molar-refractivity contribution in [1.29, 1.82) is 5.26 Å². The molecule has 0 heterocycles. The van der Waals surface area contributed by atoms with Crippen LogP contribution in [0.5, 0.6) is 0 Å². The van der Waals surface area contributed by atoms with Gasteiger partial charge in [0.1, 0.15) is 17.9 Å². The van der Waals surface area contributed by atoms with E-state index in [1.807, 2.05) is 0 Å². The van der Waals surface area contributed by atoms with E-state index in [2.05, 4.69) is 5.32 Å². The number of rotatable bonds is 4. The number of nitrogens with zero attached hydrogens (tertiary/aromatic N) is 1. The zero-order valence-corrected chi connectivity index (χ0v) is 8.83. The van der Waals surface area contributed by atoms with Gasteiger partial charge >= 0.3 is 0 Å². The van der Waals surface area contributed by atoms with Crippen LogP contribution in [-0.4, -0.2) is 11.9 Å². The van der Waals surface area contributed by atoms with Crippen molar-refractivity contribution in [2.45, 2.75) is 19.4 Å². The quantitative estimate of drug-likeness (QED) is 0.806. The SMILES string of the molecule is CCC(Nc1ccc(F)c(C#N)c1)C(N)=O. The lowest BCUT2D eigenvalue weighted by Crippen LogP contribution is -2.34. The van der Waals surface area contributed by atoms with Gasteiger partial charge < -0.3 is 11.1 Å². The molecule has 0 aliphatic heterocycles. The molecule has 5 heteroatoms. The number of nitrogens with two attached hydrogens (primary N) is 1. The standard InChI is InChI=1S/C11H12FN3O/c1-2-10(11(14)16)15-8-3-4-9(12)7(5-8)6-13/h3-5,10,15H,2H2,1H3,(H2,14,16). The smallest absolute Gasteiger partial charge is 0.239 e. The second-order valence-electron chi connectivity index (χ2n) is 3.31. The summed E-state index contributed by atoms with van der Waals surface area (Å²) in [5.74, 6) is -1.06. The summed E-state index contributed by atoms with van der Waals surface area (Å²) in [6.07, 6.45) is 0.522. The third-order valence-corrected chi connectivity index (χ3v) is 2.18. The Labute approximate surface area is 92.9 Å². The van der Waals surface area contributed by atoms with Crippen LogP contribution >= 0.6 is 0 Å². The van der Waals surface area contributed by atoms with Gasteiger partial charge in [-0.15, -0.1) is 0 Å². The van der Waals surface area contributed by atoms with E-state index in [4.69, 9.17) is 11.0 Å². The molecule has 0 bridgehead atoms. The van der Waals surface area contributed by atoms with E-state index in [-0.39, 0.29) is 5.56 Å². The first kappa shape index (κ1) is 12.0. The highest BCUT2D eigenvalue weighted by Gasteiger charge is 2.12. The van der Waals surface area contributed by atoms with E-state index < -0.39 is 17.8 Å². The minimum atomic E-state index is -0.583. The van der Waals surface area contributed by atoms with Gasteiger partial charge in [-0.25, -0.2) is 4.39 Å². The number of carbonyl (C=O) groups is 1. The summed E-state index contributed by atoms with van der Waals surface area (Å²) in [7, 11) is 0. The van der Waals surface area contributed by atoms with Crippen molar-refractivity contribution in [2.24, 2.45) is 5.73 Å². The third-order valence-electron chi connectivity index (χ3n) is 2.18. The molecule has 84 valence electrons. The fraction of sp³-hybridized carbons (Fsp3) is 0.273. The van der Waals surface area contributed by atoms with Gasteiger partial charge in [-0.2, -0.15) is 5.26 Å². The van der Waals surface area contributed by atoms with Gasteiger partial charge in [0.25, 0.3) is 0 Å². The fourth-order valence-electron chi connectivity index (χ4n) is 1.28. The molecule has 1 aromatic carbocycles. The Morgan fingerprint density at radius 1 is 1.69 bits per heavy atom. The maximum atomic E-state index is 13.0. The average molecular weight is 221 g/mol. The highest BCUT2D eigenvalue weighted by atomic mass is 19.1. The van der Waals surface area contributed by atoms with E-state index in [1.165, 1.54) is 18.2 Å². The predicted molar refractivity (Wildman–Crippen MR) is 58.0 cm³/mol. The molecule has 0 aliphatic rings. The van der Waals surface area contributed by atoms with Gasteiger partial charge in [-0.3, -0.25) is 4.79 Å². The Balaban J connectivity index is 2.90. The molecule has 16 heavy (non-hydrogen) atoms. The molecule has 1 rings (SSSR count). The highest BCUT2D eigenvalue weighted by molar-refractivity contribution is 5.82. The molecule has 0 spiro atoms. The van der Waals surface area contributed by atoms with Crippen molar-refractivity contribution < 1.29 is 9.18 Å². The number of hydrogen-bond donors (Lipinski definition) is 2. The zero-order valence-electron chi connectivity index (χ0n) is 8.83. The zero-order chi connectivity index (χ0) is 12.1. The summed E-state index contributed by atoms with van der Waals surface area (Å²) in [5, 5.41) is 11.5. The van der Waals surface area contributed by atoms with Crippen LogP contribution < -0.4 is 11.1 Å². The first-order valence-corrected chi connectivity index (χ1v) is 4.84. The monoisotopic (exact) mass is 221 g/mol. The van der Waals surface area contributed by atoms with Crippen LogP contribution in [0.3, 0.4) is 0 Å². The lowest BCUT2D eigenvalue weighted by Gasteiger charge is -2.14. The van der Waals surface area contributed by atoms with Crippen LogP contribution in [0.2, 0.25) is 0 Å².